The Kier molecular flexibility index (Phi) is 6.42. The van der Waals surface area contributed by atoms with Gasteiger partial charge in [0.1, 0.15) is 34.7 Å². The summed E-state index contributed by atoms with van der Waals surface area (Å²) in [5.74, 6) is 1.39. The third-order valence-electron chi connectivity index (χ3n) is 3.99. The molecule has 0 fully saturated rings. The summed E-state index contributed by atoms with van der Waals surface area (Å²) < 4.78 is 21.9. The van der Waals surface area contributed by atoms with E-state index < -0.39 is 5.92 Å². The molecule has 0 amide bonds. The van der Waals surface area contributed by atoms with E-state index in [0.29, 0.717) is 40.8 Å². The lowest BCUT2D eigenvalue weighted by Gasteiger charge is -2.30. The number of nitrogens with two attached hydrogens (primary N) is 1. The molecular formula is C19H21ClN2O4. The van der Waals surface area contributed by atoms with Crippen molar-refractivity contribution in [3.05, 3.63) is 58.9 Å². The number of rotatable bonds is 7. The van der Waals surface area contributed by atoms with Gasteiger partial charge in [0.15, 0.2) is 0 Å². The highest BCUT2D eigenvalue weighted by molar-refractivity contribution is 6.19. The highest BCUT2D eigenvalue weighted by Crippen LogP contribution is 2.46. The van der Waals surface area contributed by atoms with Crippen molar-refractivity contribution in [1.29, 1.82) is 5.26 Å². The summed E-state index contributed by atoms with van der Waals surface area (Å²) in [5.41, 5.74) is 7.48. The van der Waals surface area contributed by atoms with Crippen LogP contribution in [-0.2, 0) is 9.47 Å². The lowest BCUT2D eigenvalue weighted by molar-refractivity contribution is 0.222. The maximum Gasteiger partial charge on any atom is 0.205 e. The van der Waals surface area contributed by atoms with E-state index in [9.17, 15) is 5.26 Å². The summed E-state index contributed by atoms with van der Waals surface area (Å²) in [4.78, 5) is 0. The fourth-order valence-corrected chi connectivity index (χ4v) is 3.04. The van der Waals surface area contributed by atoms with Gasteiger partial charge in [0, 0.05) is 17.2 Å². The fraction of sp³-hybridized carbons (Fsp3) is 0.316. The van der Waals surface area contributed by atoms with Crippen molar-refractivity contribution in [3.8, 4) is 17.6 Å². The van der Waals surface area contributed by atoms with Crippen LogP contribution >= 0.6 is 11.6 Å². The molecule has 2 rings (SSSR count). The second kappa shape index (κ2) is 8.54. The number of nitrogens with zero attached hydrogens (tertiary/aromatic N) is 1. The lowest BCUT2D eigenvalue weighted by atomic mass is 9.82. The molecule has 0 bridgehead atoms. The monoisotopic (exact) mass is 376 g/mol. The summed E-state index contributed by atoms with van der Waals surface area (Å²) in [6, 6.07) is 7.44. The van der Waals surface area contributed by atoms with E-state index in [0.717, 1.165) is 0 Å². The molecule has 26 heavy (non-hydrogen) atoms. The average Bonchev–Trinajstić information content (AvgIpc) is 2.66. The smallest absolute Gasteiger partial charge is 0.205 e. The predicted molar refractivity (Wildman–Crippen MR) is 98.7 cm³/mol. The highest BCUT2D eigenvalue weighted by atomic mass is 35.5. The SMILES string of the molecule is C=C(OCC)C1=C(CCl)OC(N)=C(C#N)C1c1ccc(OC)cc1OC. The fourth-order valence-electron chi connectivity index (χ4n) is 2.85. The van der Waals surface area contributed by atoms with Crippen LogP contribution in [0.5, 0.6) is 11.5 Å². The first-order chi connectivity index (χ1) is 12.5. The van der Waals surface area contributed by atoms with E-state index in [1.54, 1.807) is 26.4 Å². The third kappa shape index (κ3) is 3.58. The van der Waals surface area contributed by atoms with Crippen molar-refractivity contribution in [3.63, 3.8) is 0 Å². The first kappa shape index (κ1) is 19.5. The lowest BCUT2D eigenvalue weighted by Crippen LogP contribution is -2.23. The molecule has 0 aliphatic carbocycles. The largest absolute Gasteiger partial charge is 0.497 e. The van der Waals surface area contributed by atoms with Gasteiger partial charge in [-0.25, -0.2) is 0 Å². The van der Waals surface area contributed by atoms with Crippen LogP contribution in [0.15, 0.2) is 53.3 Å². The molecule has 0 radical (unpaired) electrons. The summed E-state index contributed by atoms with van der Waals surface area (Å²) >= 11 is 6.06. The van der Waals surface area contributed by atoms with E-state index in [1.807, 2.05) is 13.0 Å². The number of ether oxygens (including phenoxy) is 4. The molecule has 1 aliphatic heterocycles. The van der Waals surface area contributed by atoms with Crippen molar-refractivity contribution in [2.24, 2.45) is 5.73 Å². The van der Waals surface area contributed by atoms with Gasteiger partial charge in [-0.2, -0.15) is 5.26 Å². The molecule has 1 unspecified atom stereocenters. The molecule has 1 atom stereocenters. The van der Waals surface area contributed by atoms with Gasteiger partial charge in [-0.15, -0.1) is 11.6 Å². The van der Waals surface area contributed by atoms with Gasteiger partial charge in [0.25, 0.3) is 0 Å². The predicted octanol–water partition coefficient (Wildman–Crippen LogP) is 3.55. The van der Waals surface area contributed by atoms with Crippen LogP contribution in [0.4, 0.5) is 0 Å². The van der Waals surface area contributed by atoms with Crippen LogP contribution in [0, 0.1) is 11.3 Å². The summed E-state index contributed by atoms with van der Waals surface area (Å²) in [6.07, 6.45) is 0. The van der Waals surface area contributed by atoms with E-state index in [-0.39, 0.29) is 17.3 Å². The normalized spacial score (nSPS) is 16.7. The number of halogens is 1. The van der Waals surface area contributed by atoms with E-state index in [4.69, 9.17) is 36.3 Å². The van der Waals surface area contributed by atoms with Gasteiger partial charge in [0.2, 0.25) is 5.88 Å². The second-order valence-corrected chi connectivity index (χ2v) is 5.63. The van der Waals surface area contributed by atoms with E-state index >= 15 is 0 Å². The van der Waals surface area contributed by atoms with Crippen LogP contribution in [0.1, 0.15) is 18.4 Å². The van der Waals surface area contributed by atoms with Gasteiger partial charge < -0.3 is 24.7 Å². The van der Waals surface area contributed by atoms with Gasteiger partial charge in [-0.1, -0.05) is 12.6 Å². The molecule has 0 saturated carbocycles. The molecule has 1 aliphatic rings. The van der Waals surface area contributed by atoms with Gasteiger partial charge in [-0.3, -0.25) is 0 Å². The molecule has 1 heterocycles. The van der Waals surface area contributed by atoms with Crippen molar-refractivity contribution < 1.29 is 18.9 Å². The minimum absolute atomic E-state index is 0.000861. The van der Waals surface area contributed by atoms with Crippen LogP contribution in [0.25, 0.3) is 0 Å². The number of hydrogen-bond donors (Lipinski definition) is 1. The number of benzene rings is 1. The number of alkyl halides is 1. The van der Waals surface area contributed by atoms with Gasteiger partial charge in [-0.05, 0) is 13.0 Å². The quantitative estimate of drug-likeness (QED) is 0.578. The van der Waals surface area contributed by atoms with Crippen molar-refractivity contribution in [2.45, 2.75) is 12.8 Å². The van der Waals surface area contributed by atoms with E-state index in [1.165, 1.54) is 0 Å². The molecule has 1 aromatic rings. The molecule has 0 spiro atoms. The molecule has 2 N–H and O–H groups in total. The van der Waals surface area contributed by atoms with Crippen molar-refractivity contribution in [2.75, 3.05) is 26.7 Å². The third-order valence-corrected chi connectivity index (χ3v) is 4.23. The summed E-state index contributed by atoms with van der Waals surface area (Å²) in [5, 5.41) is 9.69. The summed E-state index contributed by atoms with van der Waals surface area (Å²) in [7, 11) is 3.11. The molecule has 0 saturated heterocycles. The number of allylic oxidation sites excluding steroid dienone is 3. The maximum atomic E-state index is 9.69. The Bertz CT molecular complexity index is 808. The first-order valence-corrected chi connectivity index (χ1v) is 8.46. The van der Waals surface area contributed by atoms with Crippen LogP contribution < -0.4 is 15.2 Å². The first-order valence-electron chi connectivity index (χ1n) is 7.92. The molecule has 6 nitrogen and oxygen atoms in total. The molecule has 7 heteroatoms. The van der Waals surface area contributed by atoms with Crippen LogP contribution in [0.3, 0.4) is 0 Å². The standard InChI is InChI=1S/C19H21ClN2O4/c1-5-25-11(2)17-16(9-20)26-19(22)14(10-21)18(17)13-7-6-12(23-3)8-15(13)24-4/h6-8,18H,2,5,9,22H2,1,3-4H3. The summed E-state index contributed by atoms with van der Waals surface area (Å²) in [6.45, 7) is 6.22. The zero-order chi connectivity index (χ0) is 19.3. The van der Waals surface area contributed by atoms with Gasteiger partial charge >= 0.3 is 0 Å². The Morgan fingerprint density at radius 2 is 2.12 bits per heavy atom. The molecule has 0 aromatic heterocycles. The number of hydrogen-bond acceptors (Lipinski definition) is 6. The van der Waals surface area contributed by atoms with Crippen LogP contribution in [-0.4, -0.2) is 26.7 Å². The Balaban J connectivity index is 2.73. The van der Waals surface area contributed by atoms with Crippen LogP contribution in [0.2, 0.25) is 0 Å². The number of methoxy groups -OCH3 is 2. The van der Waals surface area contributed by atoms with E-state index in [2.05, 4.69) is 12.6 Å². The van der Waals surface area contributed by atoms with Crippen molar-refractivity contribution >= 4 is 11.6 Å². The minimum atomic E-state index is -0.581. The Morgan fingerprint density at radius 3 is 2.65 bits per heavy atom. The second-order valence-electron chi connectivity index (χ2n) is 5.36. The Hall–Kier alpha value is -2.78. The molecule has 138 valence electrons. The molecule has 1 aromatic carbocycles. The highest BCUT2D eigenvalue weighted by Gasteiger charge is 2.36. The maximum absolute atomic E-state index is 9.69. The zero-order valence-corrected chi connectivity index (χ0v) is 15.7. The topological polar surface area (TPSA) is 86.7 Å². The number of nitriles is 1. The Labute approximate surface area is 158 Å². The minimum Gasteiger partial charge on any atom is -0.497 e. The molecular weight excluding hydrogens is 356 g/mol. The zero-order valence-electron chi connectivity index (χ0n) is 15.0. The Morgan fingerprint density at radius 1 is 1.38 bits per heavy atom. The van der Waals surface area contributed by atoms with Crippen molar-refractivity contribution in [1.82, 2.24) is 0 Å². The average molecular weight is 377 g/mol. The van der Waals surface area contributed by atoms with Gasteiger partial charge in [0.05, 0.1) is 32.6 Å².